The molecular formula is C21H26ClN3O2. The van der Waals surface area contributed by atoms with Gasteiger partial charge in [0.2, 0.25) is 5.91 Å². The van der Waals surface area contributed by atoms with Crippen molar-refractivity contribution in [1.82, 2.24) is 10.2 Å². The zero-order valence-corrected chi connectivity index (χ0v) is 16.7. The first-order valence-corrected chi connectivity index (χ1v) is 9.31. The molecule has 0 radical (unpaired) electrons. The minimum Gasteiger partial charge on any atom is -0.352 e. The van der Waals surface area contributed by atoms with Crippen LogP contribution >= 0.6 is 11.6 Å². The highest BCUT2D eigenvalue weighted by molar-refractivity contribution is 6.30. The summed E-state index contributed by atoms with van der Waals surface area (Å²) in [5.41, 5.74) is 8.18. The molecule has 0 bridgehead atoms. The molecule has 6 heteroatoms. The summed E-state index contributed by atoms with van der Waals surface area (Å²) >= 11 is 6.06. The average molecular weight is 388 g/mol. The lowest BCUT2D eigenvalue weighted by molar-refractivity contribution is -0.134. The number of amides is 3. The number of aryl methyl sites for hydroxylation is 1. The Bertz CT molecular complexity index is 808. The summed E-state index contributed by atoms with van der Waals surface area (Å²) < 4.78 is 0. The van der Waals surface area contributed by atoms with Crippen LogP contribution in [0.4, 0.5) is 4.79 Å². The zero-order chi connectivity index (χ0) is 20.0. The third kappa shape index (κ3) is 6.00. The molecule has 2 aromatic carbocycles. The summed E-state index contributed by atoms with van der Waals surface area (Å²) in [6.07, 6.45) is 0.131. The largest absolute Gasteiger partial charge is 0.352 e. The Kier molecular flexibility index (Phi) is 7.25. The van der Waals surface area contributed by atoms with Crippen molar-refractivity contribution in [2.24, 2.45) is 5.73 Å². The smallest absolute Gasteiger partial charge is 0.312 e. The van der Waals surface area contributed by atoms with Crippen molar-refractivity contribution >= 4 is 23.5 Å². The van der Waals surface area contributed by atoms with E-state index in [1.54, 1.807) is 11.0 Å². The molecule has 3 amide bonds. The lowest BCUT2D eigenvalue weighted by atomic mass is 9.98. The van der Waals surface area contributed by atoms with Gasteiger partial charge in [0.05, 0.1) is 12.5 Å². The third-order valence-corrected chi connectivity index (χ3v) is 4.68. The molecule has 5 nitrogen and oxygen atoms in total. The number of primary amides is 1. The number of nitrogens with two attached hydrogens (primary N) is 1. The molecule has 3 N–H and O–H groups in total. The van der Waals surface area contributed by atoms with Gasteiger partial charge in [0.1, 0.15) is 0 Å². The van der Waals surface area contributed by atoms with E-state index in [2.05, 4.69) is 5.32 Å². The van der Waals surface area contributed by atoms with Gasteiger partial charge in [-0.3, -0.25) is 4.79 Å². The van der Waals surface area contributed by atoms with Gasteiger partial charge in [0, 0.05) is 17.6 Å². The Balaban J connectivity index is 2.22. The quantitative estimate of drug-likeness (QED) is 0.747. The maximum absolute atomic E-state index is 13.1. The second-order valence-corrected chi connectivity index (χ2v) is 7.30. The summed E-state index contributed by atoms with van der Waals surface area (Å²) in [6.45, 7) is 6.33. The van der Waals surface area contributed by atoms with E-state index in [1.165, 1.54) is 0 Å². The van der Waals surface area contributed by atoms with Gasteiger partial charge in [0.25, 0.3) is 0 Å². The Morgan fingerprint density at radius 1 is 1.15 bits per heavy atom. The molecule has 0 aromatic heterocycles. The maximum atomic E-state index is 13.1. The fourth-order valence-electron chi connectivity index (χ4n) is 3.07. The molecule has 0 fully saturated rings. The molecule has 2 aromatic rings. The number of benzene rings is 2. The van der Waals surface area contributed by atoms with E-state index in [4.69, 9.17) is 17.3 Å². The summed E-state index contributed by atoms with van der Waals surface area (Å²) in [4.78, 5) is 26.3. The minimum atomic E-state index is -0.651. The Hall–Kier alpha value is -2.53. The van der Waals surface area contributed by atoms with Crippen LogP contribution < -0.4 is 11.1 Å². The van der Waals surface area contributed by atoms with Crippen molar-refractivity contribution in [2.45, 2.75) is 45.8 Å². The van der Waals surface area contributed by atoms with E-state index >= 15 is 0 Å². The molecule has 0 spiro atoms. The van der Waals surface area contributed by atoms with E-state index in [9.17, 15) is 9.59 Å². The molecule has 0 saturated carbocycles. The van der Waals surface area contributed by atoms with Crippen molar-refractivity contribution in [3.05, 3.63) is 70.2 Å². The second kappa shape index (κ2) is 9.42. The first-order chi connectivity index (χ1) is 12.8. The molecule has 27 heavy (non-hydrogen) atoms. The first-order valence-electron chi connectivity index (χ1n) is 8.93. The molecule has 0 aliphatic heterocycles. The van der Waals surface area contributed by atoms with Crippen LogP contribution in [0.5, 0.6) is 0 Å². The number of hydrogen-bond donors (Lipinski definition) is 2. The van der Waals surface area contributed by atoms with Crippen LogP contribution in [0, 0.1) is 6.92 Å². The van der Waals surface area contributed by atoms with Crippen molar-refractivity contribution in [3.8, 4) is 0 Å². The van der Waals surface area contributed by atoms with Gasteiger partial charge in [-0.25, -0.2) is 4.79 Å². The number of urea groups is 1. The van der Waals surface area contributed by atoms with Crippen molar-refractivity contribution in [1.29, 1.82) is 0 Å². The fraction of sp³-hybridized carbons (Fsp3) is 0.333. The summed E-state index contributed by atoms with van der Waals surface area (Å²) in [7, 11) is 0. The minimum absolute atomic E-state index is 0.00239. The lowest BCUT2D eigenvalue weighted by Gasteiger charge is -2.29. The SMILES string of the molecule is Cc1ccccc1C(CC(=O)N(Cc1cccc(Cl)c1)C(C)C)NC(N)=O. The molecule has 0 aliphatic carbocycles. The van der Waals surface area contributed by atoms with Gasteiger partial charge in [-0.15, -0.1) is 0 Å². The average Bonchev–Trinajstić information content (AvgIpc) is 2.59. The molecule has 1 atom stereocenters. The number of nitrogens with one attached hydrogen (secondary N) is 1. The van der Waals surface area contributed by atoms with E-state index in [-0.39, 0.29) is 18.4 Å². The molecule has 0 heterocycles. The topological polar surface area (TPSA) is 75.4 Å². The lowest BCUT2D eigenvalue weighted by Crippen LogP contribution is -2.41. The van der Waals surface area contributed by atoms with Crippen molar-refractivity contribution < 1.29 is 9.59 Å². The van der Waals surface area contributed by atoms with Crippen LogP contribution in [0.3, 0.4) is 0 Å². The number of carbonyl (C=O) groups is 2. The van der Waals surface area contributed by atoms with Gasteiger partial charge in [-0.1, -0.05) is 48.0 Å². The first kappa shape index (κ1) is 20.8. The molecular weight excluding hydrogens is 362 g/mol. The summed E-state index contributed by atoms with van der Waals surface area (Å²) in [5, 5.41) is 3.34. The molecule has 0 aliphatic rings. The molecule has 2 rings (SSSR count). The highest BCUT2D eigenvalue weighted by Crippen LogP contribution is 2.23. The van der Waals surface area contributed by atoms with E-state index in [1.807, 2.05) is 63.2 Å². The van der Waals surface area contributed by atoms with Crippen molar-refractivity contribution in [3.63, 3.8) is 0 Å². The van der Waals surface area contributed by atoms with Gasteiger partial charge in [0.15, 0.2) is 0 Å². The Morgan fingerprint density at radius 3 is 2.44 bits per heavy atom. The normalized spacial score (nSPS) is 11.9. The standard InChI is InChI=1S/C21H26ClN3O2/c1-14(2)25(13-16-8-6-9-17(22)11-16)20(26)12-19(24-21(23)27)18-10-5-4-7-15(18)3/h4-11,14,19H,12-13H2,1-3H3,(H3,23,24,27). The monoisotopic (exact) mass is 387 g/mol. The van der Waals surface area contributed by atoms with Gasteiger partial charge >= 0.3 is 6.03 Å². The number of halogens is 1. The summed E-state index contributed by atoms with van der Waals surface area (Å²) in [5.74, 6) is -0.0630. The Labute approximate surface area is 165 Å². The van der Waals surface area contributed by atoms with Crippen LogP contribution in [-0.2, 0) is 11.3 Å². The predicted octanol–water partition coefficient (Wildman–Crippen LogP) is 4.19. The third-order valence-electron chi connectivity index (χ3n) is 4.44. The predicted molar refractivity (Wildman–Crippen MR) is 108 cm³/mol. The van der Waals surface area contributed by atoms with Gasteiger partial charge in [-0.05, 0) is 49.6 Å². The fourth-order valence-corrected chi connectivity index (χ4v) is 3.28. The number of hydrogen-bond acceptors (Lipinski definition) is 2. The van der Waals surface area contributed by atoms with E-state index < -0.39 is 12.1 Å². The molecule has 1 unspecified atom stereocenters. The number of rotatable bonds is 7. The molecule has 144 valence electrons. The van der Waals surface area contributed by atoms with Crippen LogP contribution in [0.25, 0.3) is 0 Å². The van der Waals surface area contributed by atoms with Crippen LogP contribution in [-0.4, -0.2) is 22.9 Å². The van der Waals surface area contributed by atoms with Gasteiger partial charge in [-0.2, -0.15) is 0 Å². The van der Waals surface area contributed by atoms with E-state index in [0.29, 0.717) is 11.6 Å². The van der Waals surface area contributed by atoms with Gasteiger partial charge < -0.3 is 16.0 Å². The number of carbonyl (C=O) groups excluding carboxylic acids is 2. The van der Waals surface area contributed by atoms with Crippen LogP contribution in [0.2, 0.25) is 5.02 Å². The molecule has 0 saturated heterocycles. The van der Waals surface area contributed by atoms with Crippen LogP contribution in [0.1, 0.15) is 43.0 Å². The highest BCUT2D eigenvalue weighted by atomic mass is 35.5. The summed E-state index contributed by atoms with van der Waals surface area (Å²) in [6, 6.07) is 14.0. The number of nitrogens with zero attached hydrogens (tertiary/aromatic N) is 1. The van der Waals surface area contributed by atoms with Crippen LogP contribution in [0.15, 0.2) is 48.5 Å². The zero-order valence-electron chi connectivity index (χ0n) is 15.9. The highest BCUT2D eigenvalue weighted by Gasteiger charge is 2.24. The maximum Gasteiger partial charge on any atom is 0.312 e. The Morgan fingerprint density at radius 2 is 1.85 bits per heavy atom. The van der Waals surface area contributed by atoms with E-state index in [0.717, 1.165) is 16.7 Å². The van der Waals surface area contributed by atoms with Crippen molar-refractivity contribution in [2.75, 3.05) is 0 Å². The second-order valence-electron chi connectivity index (χ2n) is 6.87.